The molecule has 0 atom stereocenters. The second-order valence-electron chi connectivity index (χ2n) is 5.22. The number of nitrogens with zero attached hydrogens (tertiary/aromatic N) is 3. The number of pyridine rings is 1. The molecule has 4 heteroatoms. The smallest absolute Gasteiger partial charge is 0.146 e. The Kier molecular flexibility index (Phi) is 3.70. The van der Waals surface area contributed by atoms with Crippen molar-refractivity contribution in [3.63, 3.8) is 0 Å². The lowest BCUT2D eigenvalue weighted by molar-refractivity contribution is 0.665. The van der Waals surface area contributed by atoms with Crippen LogP contribution in [0, 0.1) is 11.3 Å². The molecule has 0 N–H and O–H groups in total. The Morgan fingerprint density at radius 3 is 3.00 bits per heavy atom. The lowest BCUT2D eigenvalue weighted by atomic mass is 9.95. The molecule has 3 rings (SSSR count). The molecule has 0 amide bonds. The summed E-state index contributed by atoms with van der Waals surface area (Å²) in [7, 11) is 2.01. The topological polar surface area (TPSA) is 39.9 Å². The minimum atomic E-state index is 0.699. The molecule has 0 unspecified atom stereocenters. The Labute approximate surface area is 123 Å². The third-order valence-corrected chi connectivity index (χ3v) is 4.60. The van der Waals surface area contributed by atoms with Crippen LogP contribution in [0.2, 0.25) is 0 Å². The molecule has 0 saturated heterocycles. The van der Waals surface area contributed by atoms with E-state index < -0.39 is 0 Å². The molecule has 0 saturated carbocycles. The molecule has 102 valence electrons. The predicted octanol–water partition coefficient (Wildman–Crippen LogP) is 3.53. The van der Waals surface area contributed by atoms with Crippen LogP contribution in [0.5, 0.6) is 0 Å². The molecule has 0 radical (unpaired) electrons. The monoisotopic (exact) mass is 283 g/mol. The fraction of sp³-hybridized carbons (Fsp3) is 0.375. The van der Waals surface area contributed by atoms with Gasteiger partial charge in [0.15, 0.2) is 0 Å². The van der Waals surface area contributed by atoms with Gasteiger partial charge in [0.1, 0.15) is 11.9 Å². The molecule has 20 heavy (non-hydrogen) atoms. The Bertz CT molecular complexity index is 640. The highest BCUT2D eigenvalue weighted by Gasteiger charge is 2.17. The van der Waals surface area contributed by atoms with Gasteiger partial charge in [0.05, 0.1) is 12.1 Å². The van der Waals surface area contributed by atoms with Crippen LogP contribution >= 0.6 is 11.3 Å². The summed E-state index contributed by atoms with van der Waals surface area (Å²) in [4.78, 5) is 8.14. The van der Waals surface area contributed by atoms with Crippen molar-refractivity contribution in [1.29, 1.82) is 5.26 Å². The van der Waals surface area contributed by atoms with Crippen LogP contribution in [0.3, 0.4) is 0 Å². The van der Waals surface area contributed by atoms with Crippen LogP contribution in [0.15, 0.2) is 23.6 Å². The van der Waals surface area contributed by atoms with Gasteiger partial charge in [0.2, 0.25) is 0 Å². The van der Waals surface area contributed by atoms with Crippen molar-refractivity contribution in [2.45, 2.75) is 32.2 Å². The molecular weight excluding hydrogens is 266 g/mol. The van der Waals surface area contributed by atoms with E-state index in [1.54, 1.807) is 11.3 Å². The molecule has 3 nitrogen and oxygen atoms in total. The van der Waals surface area contributed by atoms with Gasteiger partial charge < -0.3 is 4.90 Å². The van der Waals surface area contributed by atoms with E-state index >= 15 is 0 Å². The van der Waals surface area contributed by atoms with Gasteiger partial charge in [-0.1, -0.05) is 6.07 Å². The molecule has 0 aliphatic heterocycles. The van der Waals surface area contributed by atoms with Gasteiger partial charge in [-0.3, -0.25) is 0 Å². The van der Waals surface area contributed by atoms with E-state index in [9.17, 15) is 5.26 Å². The van der Waals surface area contributed by atoms with Crippen LogP contribution in [-0.2, 0) is 19.4 Å². The van der Waals surface area contributed by atoms with E-state index in [1.807, 2.05) is 13.1 Å². The third-order valence-electron chi connectivity index (χ3n) is 3.74. The molecule has 0 aromatic carbocycles. The summed E-state index contributed by atoms with van der Waals surface area (Å²) in [5.74, 6) is 0.821. The Balaban J connectivity index is 1.93. The first-order valence-corrected chi connectivity index (χ1v) is 7.82. The van der Waals surface area contributed by atoms with Crippen molar-refractivity contribution in [2.24, 2.45) is 0 Å². The summed E-state index contributed by atoms with van der Waals surface area (Å²) in [5.41, 5.74) is 3.15. The molecule has 0 spiro atoms. The van der Waals surface area contributed by atoms with E-state index in [0.717, 1.165) is 25.2 Å². The number of hydrogen-bond acceptors (Lipinski definition) is 4. The standard InChI is InChI=1S/C16H17N3S/c1-19(11-14-6-4-8-20-14)16-13(10-17)9-12-5-2-3-7-15(12)18-16/h4,6,8-9H,2-3,5,7,11H2,1H3. The number of anilines is 1. The number of nitriles is 1. The maximum atomic E-state index is 9.38. The lowest BCUT2D eigenvalue weighted by Crippen LogP contribution is -2.20. The van der Waals surface area contributed by atoms with E-state index in [-0.39, 0.29) is 0 Å². The summed E-state index contributed by atoms with van der Waals surface area (Å²) in [5, 5.41) is 11.5. The van der Waals surface area contributed by atoms with E-state index in [1.165, 1.54) is 29.0 Å². The van der Waals surface area contributed by atoms with Gasteiger partial charge in [-0.25, -0.2) is 4.98 Å². The van der Waals surface area contributed by atoms with E-state index in [0.29, 0.717) is 5.56 Å². The maximum absolute atomic E-state index is 9.38. The van der Waals surface area contributed by atoms with Crippen molar-refractivity contribution >= 4 is 17.2 Å². The second kappa shape index (κ2) is 5.64. The predicted molar refractivity (Wildman–Crippen MR) is 82.0 cm³/mol. The van der Waals surface area contributed by atoms with Crippen molar-refractivity contribution in [2.75, 3.05) is 11.9 Å². The molecule has 1 aliphatic rings. The fourth-order valence-electron chi connectivity index (χ4n) is 2.71. The molecule has 2 aromatic heterocycles. The van der Waals surface area contributed by atoms with Gasteiger partial charge in [0, 0.05) is 17.6 Å². The first kappa shape index (κ1) is 13.1. The first-order chi connectivity index (χ1) is 9.78. The van der Waals surface area contributed by atoms with Crippen LogP contribution in [0.1, 0.15) is 34.5 Å². The summed E-state index contributed by atoms with van der Waals surface area (Å²) in [6.07, 6.45) is 4.52. The van der Waals surface area contributed by atoms with E-state index in [4.69, 9.17) is 4.98 Å². The van der Waals surface area contributed by atoms with Crippen LogP contribution in [-0.4, -0.2) is 12.0 Å². The minimum Gasteiger partial charge on any atom is -0.353 e. The van der Waals surface area contributed by atoms with E-state index in [2.05, 4.69) is 28.5 Å². The number of aromatic nitrogens is 1. The van der Waals surface area contributed by atoms with Crippen molar-refractivity contribution < 1.29 is 0 Å². The fourth-order valence-corrected chi connectivity index (χ4v) is 3.46. The SMILES string of the molecule is CN(Cc1cccs1)c1nc2c(cc1C#N)CCCC2. The minimum absolute atomic E-state index is 0.699. The summed E-state index contributed by atoms with van der Waals surface area (Å²) >= 11 is 1.74. The quantitative estimate of drug-likeness (QED) is 0.865. The Morgan fingerprint density at radius 1 is 1.40 bits per heavy atom. The van der Waals surface area contributed by atoms with Crippen molar-refractivity contribution in [1.82, 2.24) is 4.98 Å². The molecular formula is C16H17N3S. The first-order valence-electron chi connectivity index (χ1n) is 6.94. The number of hydrogen-bond donors (Lipinski definition) is 0. The second-order valence-corrected chi connectivity index (χ2v) is 6.25. The highest BCUT2D eigenvalue weighted by Crippen LogP contribution is 2.27. The average Bonchev–Trinajstić information content (AvgIpc) is 2.98. The van der Waals surface area contributed by atoms with Crippen molar-refractivity contribution in [3.8, 4) is 6.07 Å². The normalized spacial score (nSPS) is 13.6. The lowest BCUT2D eigenvalue weighted by Gasteiger charge is -2.22. The summed E-state index contributed by atoms with van der Waals surface area (Å²) in [6.45, 7) is 0.804. The summed E-state index contributed by atoms with van der Waals surface area (Å²) < 4.78 is 0. The Morgan fingerprint density at radius 2 is 2.25 bits per heavy atom. The van der Waals surface area contributed by atoms with Gasteiger partial charge in [-0.2, -0.15) is 5.26 Å². The molecule has 0 bridgehead atoms. The zero-order chi connectivity index (χ0) is 13.9. The third kappa shape index (κ3) is 2.54. The maximum Gasteiger partial charge on any atom is 0.146 e. The van der Waals surface area contributed by atoms with Crippen LogP contribution in [0.4, 0.5) is 5.82 Å². The largest absolute Gasteiger partial charge is 0.353 e. The van der Waals surface area contributed by atoms with Gasteiger partial charge >= 0.3 is 0 Å². The van der Waals surface area contributed by atoms with Gasteiger partial charge in [-0.15, -0.1) is 11.3 Å². The van der Waals surface area contributed by atoms with Crippen molar-refractivity contribution in [3.05, 3.63) is 45.3 Å². The number of aryl methyl sites for hydroxylation is 2. The number of rotatable bonds is 3. The van der Waals surface area contributed by atoms with Gasteiger partial charge in [-0.05, 0) is 48.8 Å². The summed E-state index contributed by atoms with van der Waals surface area (Å²) in [6, 6.07) is 8.52. The zero-order valence-corrected chi connectivity index (χ0v) is 12.4. The number of fused-ring (bicyclic) bond motifs is 1. The van der Waals surface area contributed by atoms with Crippen LogP contribution < -0.4 is 4.90 Å². The highest BCUT2D eigenvalue weighted by atomic mass is 32.1. The zero-order valence-electron chi connectivity index (χ0n) is 11.6. The van der Waals surface area contributed by atoms with Gasteiger partial charge in [0.25, 0.3) is 0 Å². The molecule has 2 aromatic rings. The highest BCUT2D eigenvalue weighted by molar-refractivity contribution is 7.09. The number of thiophene rings is 1. The Hall–Kier alpha value is -1.86. The molecule has 0 fully saturated rings. The molecule has 2 heterocycles. The average molecular weight is 283 g/mol. The van der Waals surface area contributed by atoms with Crippen LogP contribution in [0.25, 0.3) is 0 Å². The molecule has 1 aliphatic carbocycles.